The first kappa shape index (κ1) is 12.5. The summed E-state index contributed by atoms with van der Waals surface area (Å²) < 4.78 is 26.2. The Bertz CT molecular complexity index is 362. The Balaban J connectivity index is 1.72. The fourth-order valence-electron chi connectivity index (χ4n) is 2.18. The summed E-state index contributed by atoms with van der Waals surface area (Å²) in [5.74, 6) is -0.737. The van der Waals surface area contributed by atoms with Crippen LogP contribution in [0.3, 0.4) is 0 Å². The number of rotatable bonds is 5. The normalized spacial score (nSPS) is 19.8. The van der Waals surface area contributed by atoms with Crippen molar-refractivity contribution in [3.8, 4) is 0 Å². The van der Waals surface area contributed by atoms with Crippen molar-refractivity contribution >= 4 is 0 Å². The van der Waals surface area contributed by atoms with Crippen LogP contribution in [0.4, 0.5) is 8.78 Å². The van der Waals surface area contributed by atoms with Crippen molar-refractivity contribution in [2.45, 2.75) is 31.8 Å². The van der Waals surface area contributed by atoms with Crippen molar-refractivity contribution in [3.05, 3.63) is 35.4 Å². The lowest BCUT2D eigenvalue weighted by Crippen LogP contribution is -2.27. The molecule has 1 aromatic rings. The number of nitrogens with one attached hydrogen (secondary N) is 2. The maximum absolute atomic E-state index is 13.3. The largest absolute Gasteiger partial charge is 0.314 e. The highest BCUT2D eigenvalue weighted by Crippen LogP contribution is 2.10. The van der Waals surface area contributed by atoms with Crippen LogP contribution in [0, 0.1) is 11.6 Å². The van der Waals surface area contributed by atoms with Gasteiger partial charge in [0.1, 0.15) is 11.6 Å². The van der Waals surface area contributed by atoms with E-state index in [2.05, 4.69) is 10.6 Å². The van der Waals surface area contributed by atoms with Crippen molar-refractivity contribution in [2.24, 2.45) is 0 Å². The molecular formula is C13H18F2N2. The van der Waals surface area contributed by atoms with Crippen molar-refractivity contribution in [3.63, 3.8) is 0 Å². The van der Waals surface area contributed by atoms with E-state index >= 15 is 0 Å². The first-order valence-electron chi connectivity index (χ1n) is 6.14. The molecule has 1 aromatic carbocycles. The molecule has 4 heteroatoms. The third kappa shape index (κ3) is 3.75. The minimum absolute atomic E-state index is 0.349. The van der Waals surface area contributed by atoms with Gasteiger partial charge < -0.3 is 10.6 Å². The van der Waals surface area contributed by atoms with Crippen LogP contribution in [-0.4, -0.2) is 19.1 Å². The molecule has 0 radical (unpaired) electrons. The topological polar surface area (TPSA) is 24.1 Å². The van der Waals surface area contributed by atoms with Gasteiger partial charge in [-0.3, -0.25) is 0 Å². The van der Waals surface area contributed by atoms with Gasteiger partial charge in [0, 0.05) is 18.2 Å². The number of hydrogen-bond donors (Lipinski definition) is 2. The van der Waals surface area contributed by atoms with E-state index in [4.69, 9.17) is 0 Å². The second kappa shape index (κ2) is 6.07. The summed E-state index contributed by atoms with van der Waals surface area (Å²) in [5, 5.41) is 6.55. The Morgan fingerprint density at radius 3 is 3.00 bits per heavy atom. The molecule has 2 nitrogen and oxygen atoms in total. The molecule has 1 unspecified atom stereocenters. The average molecular weight is 240 g/mol. The Hall–Kier alpha value is -1.00. The molecule has 0 bridgehead atoms. The van der Waals surface area contributed by atoms with Gasteiger partial charge in [0.25, 0.3) is 0 Å². The standard InChI is InChI=1S/C13H18F2N2/c14-11-3-4-13(15)10(8-11)9-16-7-5-12-2-1-6-17-12/h3-4,8,12,16-17H,1-2,5-7,9H2. The fourth-order valence-corrected chi connectivity index (χ4v) is 2.18. The van der Waals surface area contributed by atoms with Crippen LogP contribution < -0.4 is 10.6 Å². The zero-order valence-electron chi connectivity index (χ0n) is 9.81. The molecule has 1 heterocycles. The van der Waals surface area contributed by atoms with E-state index in [0.717, 1.165) is 25.6 Å². The van der Waals surface area contributed by atoms with Crippen LogP contribution in [0.2, 0.25) is 0 Å². The molecular weight excluding hydrogens is 222 g/mol. The summed E-state index contributed by atoms with van der Waals surface area (Å²) in [6, 6.07) is 4.14. The first-order chi connectivity index (χ1) is 8.25. The van der Waals surface area contributed by atoms with Crippen LogP contribution in [0.25, 0.3) is 0 Å². The molecule has 2 N–H and O–H groups in total. The van der Waals surface area contributed by atoms with E-state index in [1.54, 1.807) is 0 Å². The molecule has 0 spiro atoms. The number of benzene rings is 1. The highest BCUT2D eigenvalue weighted by atomic mass is 19.1. The monoisotopic (exact) mass is 240 g/mol. The van der Waals surface area contributed by atoms with Crippen molar-refractivity contribution < 1.29 is 8.78 Å². The first-order valence-corrected chi connectivity index (χ1v) is 6.14. The van der Waals surface area contributed by atoms with Crippen LogP contribution in [0.1, 0.15) is 24.8 Å². The number of halogens is 2. The third-order valence-corrected chi connectivity index (χ3v) is 3.16. The number of hydrogen-bond acceptors (Lipinski definition) is 2. The highest BCUT2D eigenvalue weighted by Gasteiger charge is 2.12. The van der Waals surface area contributed by atoms with Crippen LogP contribution in [0.5, 0.6) is 0 Å². The molecule has 1 fully saturated rings. The Morgan fingerprint density at radius 2 is 2.24 bits per heavy atom. The van der Waals surface area contributed by atoms with Crippen molar-refractivity contribution in [1.29, 1.82) is 0 Å². The smallest absolute Gasteiger partial charge is 0.127 e. The summed E-state index contributed by atoms with van der Waals surface area (Å²) in [6.07, 6.45) is 3.50. The van der Waals surface area contributed by atoms with Gasteiger partial charge in [-0.25, -0.2) is 8.78 Å². The molecule has 1 aliphatic rings. The zero-order chi connectivity index (χ0) is 12.1. The Kier molecular flexibility index (Phi) is 4.45. The van der Waals surface area contributed by atoms with Gasteiger partial charge in [-0.15, -0.1) is 0 Å². The SMILES string of the molecule is Fc1ccc(F)c(CNCCC2CCCN2)c1. The molecule has 0 amide bonds. The molecule has 0 aliphatic carbocycles. The molecule has 94 valence electrons. The van der Waals surface area contributed by atoms with Crippen molar-refractivity contribution in [1.82, 2.24) is 10.6 Å². The molecule has 1 aliphatic heterocycles. The third-order valence-electron chi connectivity index (χ3n) is 3.16. The maximum atomic E-state index is 13.3. The minimum atomic E-state index is -0.388. The van der Waals surface area contributed by atoms with Crippen LogP contribution in [-0.2, 0) is 6.54 Å². The Labute approximate surface area is 100 Å². The maximum Gasteiger partial charge on any atom is 0.127 e. The Morgan fingerprint density at radius 1 is 1.35 bits per heavy atom. The minimum Gasteiger partial charge on any atom is -0.314 e. The van der Waals surface area contributed by atoms with Gasteiger partial charge in [0.2, 0.25) is 0 Å². The molecule has 1 atom stereocenters. The summed E-state index contributed by atoms with van der Waals surface area (Å²) in [7, 11) is 0. The van der Waals surface area contributed by atoms with Crippen LogP contribution in [0.15, 0.2) is 18.2 Å². The molecule has 2 rings (SSSR count). The van der Waals surface area contributed by atoms with E-state index in [1.807, 2.05) is 0 Å². The second-order valence-electron chi connectivity index (χ2n) is 4.49. The second-order valence-corrected chi connectivity index (χ2v) is 4.49. The summed E-state index contributed by atoms with van der Waals surface area (Å²) in [6.45, 7) is 2.31. The van der Waals surface area contributed by atoms with Gasteiger partial charge in [-0.2, -0.15) is 0 Å². The molecule has 0 saturated carbocycles. The predicted molar refractivity (Wildman–Crippen MR) is 63.7 cm³/mol. The lowest BCUT2D eigenvalue weighted by Gasteiger charge is -2.11. The average Bonchev–Trinajstić information content (AvgIpc) is 2.82. The lowest BCUT2D eigenvalue weighted by atomic mass is 10.1. The fraction of sp³-hybridized carbons (Fsp3) is 0.538. The van der Waals surface area contributed by atoms with E-state index in [0.29, 0.717) is 18.2 Å². The van der Waals surface area contributed by atoms with Gasteiger partial charge in [0.15, 0.2) is 0 Å². The van der Waals surface area contributed by atoms with Crippen molar-refractivity contribution in [2.75, 3.05) is 13.1 Å². The van der Waals surface area contributed by atoms with E-state index in [9.17, 15) is 8.78 Å². The van der Waals surface area contributed by atoms with Gasteiger partial charge in [-0.1, -0.05) is 0 Å². The molecule has 1 saturated heterocycles. The molecule has 0 aromatic heterocycles. The molecule has 17 heavy (non-hydrogen) atoms. The van der Waals surface area contributed by atoms with Crippen LogP contribution >= 0.6 is 0 Å². The summed E-state index contributed by atoms with van der Waals surface area (Å²) in [4.78, 5) is 0. The van der Waals surface area contributed by atoms with E-state index in [1.165, 1.54) is 25.0 Å². The summed E-state index contributed by atoms with van der Waals surface area (Å²) >= 11 is 0. The van der Waals surface area contributed by atoms with E-state index < -0.39 is 0 Å². The predicted octanol–water partition coefficient (Wildman–Crippen LogP) is 2.20. The van der Waals surface area contributed by atoms with Gasteiger partial charge in [0.05, 0.1) is 0 Å². The van der Waals surface area contributed by atoms with E-state index in [-0.39, 0.29) is 11.6 Å². The highest BCUT2D eigenvalue weighted by molar-refractivity contribution is 5.18. The van der Waals surface area contributed by atoms with Gasteiger partial charge >= 0.3 is 0 Å². The van der Waals surface area contributed by atoms with Gasteiger partial charge in [-0.05, 0) is 50.6 Å². The summed E-state index contributed by atoms with van der Waals surface area (Å²) in [5.41, 5.74) is 0.393. The zero-order valence-corrected chi connectivity index (χ0v) is 9.81. The quantitative estimate of drug-likeness (QED) is 0.771. The lowest BCUT2D eigenvalue weighted by molar-refractivity contribution is 0.514.